The Balaban J connectivity index is 1.92. The maximum atomic E-state index is 14.3. The smallest absolute Gasteiger partial charge is 0.336 e. The molecule has 0 radical (unpaired) electrons. The molecule has 0 aliphatic heterocycles. The van der Waals surface area contributed by atoms with Gasteiger partial charge in [-0.05, 0) is 36.6 Å². The third kappa shape index (κ3) is 7.49. The highest BCUT2D eigenvalue weighted by Gasteiger charge is 2.48. The molecule has 0 unspecified atom stereocenters. The molecule has 1 amide bonds. The Morgan fingerprint density at radius 1 is 1.08 bits per heavy atom. The van der Waals surface area contributed by atoms with Gasteiger partial charge in [0.05, 0.1) is 22.5 Å². The summed E-state index contributed by atoms with van der Waals surface area (Å²) < 4.78 is 118. The Morgan fingerprint density at radius 2 is 1.68 bits per heavy atom. The highest BCUT2D eigenvalue weighted by atomic mass is 32.2. The van der Waals surface area contributed by atoms with E-state index in [4.69, 9.17) is 0 Å². The molecular formula is C23H22F5N3O5S2. The Kier molecular flexibility index (Phi) is 8.21. The van der Waals surface area contributed by atoms with E-state index in [0.717, 1.165) is 18.4 Å². The van der Waals surface area contributed by atoms with Gasteiger partial charge in [-0.25, -0.2) is 25.6 Å². The number of nitriles is 1. The average molecular weight is 580 g/mol. The van der Waals surface area contributed by atoms with Crippen LogP contribution in [0, 0.1) is 23.0 Å². The summed E-state index contributed by atoms with van der Waals surface area (Å²) in [5.74, 6) is -5.87. The third-order valence-corrected chi connectivity index (χ3v) is 8.51. The number of sulfone groups is 2. The first-order chi connectivity index (χ1) is 17.4. The van der Waals surface area contributed by atoms with Gasteiger partial charge in [-0.3, -0.25) is 10.1 Å². The van der Waals surface area contributed by atoms with E-state index in [1.54, 1.807) is 6.07 Å². The molecule has 1 aliphatic carbocycles. The van der Waals surface area contributed by atoms with E-state index in [1.165, 1.54) is 12.1 Å². The maximum Gasteiger partial charge on any atom is 0.408 e. The molecule has 2 aromatic carbocycles. The fourth-order valence-electron chi connectivity index (χ4n) is 3.61. The van der Waals surface area contributed by atoms with Crippen molar-refractivity contribution in [3.63, 3.8) is 0 Å². The van der Waals surface area contributed by atoms with Crippen LogP contribution in [0.4, 0.5) is 22.0 Å². The van der Waals surface area contributed by atoms with Crippen LogP contribution in [-0.4, -0.2) is 52.5 Å². The Morgan fingerprint density at radius 3 is 2.16 bits per heavy atom. The Labute approximate surface area is 215 Å². The molecule has 1 saturated carbocycles. The normalized spacial score (nSPS) is 16.8. The highest BCUT2D eigenvalue weighted by Crippen LogP contribution is 2.36. The molecule has 38 heavy (non-hydrogen) atoms. The fraction of sp³-hybridized carbons (Fsp3) is 0.391. The van der Waals surface area contributed by atoms with E-state index >= 15 is 0 Å². The number of nitrogens with zero attached hydrogens (tertiary/aromatic N) is 1. The van der Waals surface area contributed by atoms with Crippen LogP contribution in [0.5, 0.6) is 0 Å². The SMILES string of the molecule is CS(=O)(=O)c1ccc(CS(=O)(=O)C[C@H](N[C@H](c2ccc(F)cc2F)C(F)(F)F)C(=O)NC2(C#N)CC2)cc1. The minimum atomic E-state index is -5.23. The number of carbonyl (C=O) groups is 1. The molecule has 1 aliphatic rings. The molecular weight excluding hydrogens is 557 g/mol. The van der Waals surface area contributed by atoms with Gasteiger partial charge in [-0.2, -0.15) is 18.4 Å². The minimum Gasteiger partial charge on any atom is -0.336 e. The van der Waals surface area contributed by atoms with E-state index < -0.39 is 78.1 Å². The number of carbonyl (C=O) groups excluding carboxylic acids is 1. The summed E-state index contributed by atoms with van der Waals surface area (Å²) >= 11 is 0. The Bertz CT molecular complexity index is 1470. The summed E-state index contributed by atoms with van der Waals surface area (Å²) in [7, 11) is -7.90. The van der Waals surface area contributed by atoms with Gasteiger partial charge >= 0.3 is 6.18 Å². The van der Waals surface area contributed by atoms with Gasteiger partial charge in [0.15, 0.2) is 19.7 Å². The first kappa shape index (κ1) is 29.5. The van der Waals surface area contributed by atoms with Crippen LogP contribution in [0.3, 0.4) is 0 Å². The summed E-state index contributed by atoms with van der Waals surface area (Å²) in [4.78, 5) is 12.8. The van der Waals surface area contributed by atoms with Gasteiger partial charge < -0.3 is 5.32 Å². The van der Waals surface area contributed by atoms with Crippen LogP contribution < -0.4 is 10.6 Å². The summed E-state index contributed by atoms with van der Waals surface area (Å²) in [6, 6.07) is 2.89. The fourth-order valence-corrected chi connectivity index (χ4v) is 5.81. The van der Waals surface area contributed by atoms with Crippen molar-refractivity contribution >= 4 is 25.6 Å². The standard InChI is InChI=1S/C23H22F5N3O5S2/c1-37(33,34)16-5-2-14(3-6-16)11-38(35,36)12-19(21(32)31-22(13-29)8-9-22)30-20(23(26,27)28)17-7-4-15(24)10-18(17)25/h2-7,10,19-20,30H,8-9,11-12H2,1H3,(H,31,32)/t19-,20+/m0/s1. The molecule has 0 spiro atoms. The van der Waals surface area contributed by atoms with Crippen LogP contribution in [0.15, 0.2) is 47.4 Å². The van der Waals surface area contributed by atoms with Crippen molar-refractivity contribution in [2.45, 2.75) is 47.3 Å². The molecule has 1 fully saturated rings. The summed E-state index contributed by atoms with van der Waals surface area (Å²) in [6.45, 7) is 0. The molecule has 0 heterocycles. The van der Waals surface area contributed by atoms with Crippen molar-refractivity contribution in [1.29, 1.82) is 5.26 Å². The van der Waals surface area contributed by atoms with Crippen LogP contribution in [0.25, 0.3) is 0 Å². The lowest BCUT2D eigenvalue weighted by atomic mass is 10.0. The van der Waals surface area contributed by atoms with E-state index in [-0.39, 0.29) is 29.4 Å². The van der Waals surface area contributed by atoms with Gasteiger partial charge in [-0.1, -0.05) is 18.2 Å². The second kappa shape index (κ2) is 10.6. The zero-order valence-corrected chi connectivity index (χ0v) is 21.4. The van der Waals surface area contributed by atoms with Gasteiger partial charge in [0.25, 0.3) is 0 Å². The van der Waals surface area contributed by atoms with Gasteiger partial charge in [0, 0.05) is 17.9 Å². The molecule has 206 valence electrons. The van der Waals surface area contributed by atoms with Gasteiger partial charge in [-0.15, -0.1) is 0 Å². The number of amides is 1. The number of alkyl halides is 3. The first-order valence-corrected chi connectivity index (χ1v) is 14.7. The van der Waals surface area contributed by atoms with Crippen molar-refractivity contribution in [3.05, 3.63) is 65.2 Å². The number of hydrogen-bond acceptors (Lipinski definition) is 7. The molecule has 0 saturated heterocycles. The van der Waals surface area contributed by atoms with Gasteiger partial charge in [0.1, 0.15) is 29.3 Å². The molecule has 2 atom stereocenters. The zero-order chi connectivity index (χ0) is 28.5. The van der Waals surface area contributed by atoms with Crippen molar-refractivity contribution in [3.8, 4) is 6.07 Å². The quantitative estimate of drug-likeness (QED) is 0.414. The molecule has 8 nitrogen and oxygen atoms in total. The molecule has 0 aromatic heterocycles. The summed E-state index contributed by atoms with van der Waals surface area (Å²) in [5, 5.41) is 13.3. The van der Waals surface area contributed by atoms with Crippen LogP contribution in [-0.2, 0) is 30.2 Å². The molecule has 15 heteroatoms. The number of halogens is 5. The van der Waals surface area contributed by atoms with Crippen molar-refractivity contribution in [2.75, 3.05) is 12.0 Å². The predicted octanol–water partition coefficient (Wildman–Crippen LogP) is 2.72. The summed E-state index contributed by atoms with van der Waals surface area (Å²) in [6.07, 6.45) is -3.87. The largest absolute Gasteiger partial charge is 0.408 e. The average Bonchev–Trinajstić information content (AvgIpc) is 3.55. The van der Waals surface area contributed by atoms with Crippen molar-refractivity contribution in [2.24, 2.45) is 0 Å². The van der Waals surface area contributed by atoms with Gasteiger partial charge in [0.2, 0.25) is 5.91 Å². The third-order valence-electron chi connectivity index (χ3n) is 5.77. The molecule has 2 N–H and O–H groups in total. The number of nitrogens with one attached hydrogen (secondary N) is 2. The second-order valence-corrected chi connectivity index (χ2v) is 13.1. The summed E-state index contributed by atoms with van der Waals surface area (Å²) in [5.41, 5.74) is -2.31. The van der Waals surface area contributed by atoms with Crippen molar-refractivity contribution < 1.29 is 43.6 Å². The highest BCUT2D eigenvalue weighted by molar-refractivity contribution is 7.91. The molecule has 3 rings (SSSR count). The lowest BCUT2D eigenvalue weighted by molar-refractivity contribution is -0.161. The van der Waals surface area contributed by atoms with E-state index in [2.05, 4.69) is 5.32 Å². The lowest BCUT2D eigenvalue weighted by Gasteiger charge is -2.28. The van der Waals surface area contributed by atoms with Crippen LogP contribution >= 0.6 is 0 Å². The molecule has 2 aromatic rings. The topological polar surface area (TPSA) is 133 Å². The first-order valence-electron chi connectivity index (χ1n) is 11.0. The van der Waals surface area contributed by atoms with E-state index in [0.29, 0.717) is 12.1 Å². The number of rotatable bonds is 10. The minimum absolute atomic E-state index is 0.0850. The Hall–Kier alpha value is -3.09. The van der Waals surface area contributed by atoms with Crippen LogP contribution in [0.2, 0.25) is 0 Å². The maximum absolute atomic E-state index is 14.3. The second-order valence-electron chi connectivity index (χ2n) is 9.01. The number of hydrogen-bond donors (Lipinski definition) is 2. The zero-order valence-electron chi connectivity index (χ0n) is 19.7. The predicted molar refractivity (Wildman–Crippen MR) is 125 cm³/mol. The van der Waals surface area contributed by atoms with E-state index in [1.807, 2.05) is 5.32 Å². The van der Waals surface area contributed by atoms with E-state index in [9.17, 15) is 48.8 Å². The van der Waals surface area contributed by atoms with Crippen LogP contribution in [0.1, 0.15) is 30.0 Å². The molecule has 0 bridgehead atoms. The monoisotopic (exact) mass is 579 g/mol. The lowest BCUT2D eigenvalue weighted by Crippen LogP contribution is -2.54. The number of benzene rings is 2. The van der Waals surface area contributed by atoms with Crippen molar-refractivity contribution in [1.82, 2.24) is 10.6 Å².